The van der Waals surface area contributed by atoms with Gasteiger partial charge in [0.2, 0.25) is 0 Å². The molecule has 158 valence electrons. The Morgan fingerprint density at radius 1 is 0.862 bits per heavy atom. The van der Waals surface area contributed by atoms with Crippen LogP contribution in [-0.4, -0.2) is 17.2 Å². The van der Waals surface area contributed by atoms with Gasteiger partial charge in [-0.1, -0.05) is 99.7 Å². The first-order valence-electron chi connectivity index (χ1n) is 10.7. The number of carbonyl (C=O) groups is 1. The predicted octanol–water partition coefficient (Wildman–Crippen LogP) is 6.07. The zero-order chi connectivity index (χ0) is 21.3. The van der Waals surface area contributed by atoms with Crippen LogP contribution in [0.15, 0.2) is 60.7 Å². The van der Waals surface area contributed by atoms with Crippen LogP contribution in [0.1, 0.15) is 66.2 Å². The molecule has 2 aromatic carbocycles. The minimum absolute atomic E-state index is 0.357. The van der Waals surface area contributed by atoms with E-state index in [4.69, 9.17) is 4.74 Å². The van der Waals surface area contributed by atoms with Gasteiger partial charge < -0.3 is 9.30 Å². The predicted molar refractivity (Wildman–Crippen MR) is 123 cm³/mol. The topological polar surface area (TPSA) is 43.4 Å². The van der Waals surface area contributed by atoms with Gasteiger partial charge in [0.05, 0.1) is 0 Å². The largest absolute Gasteiger partial charge is 0.459 e. The van der Waals surface area contributed by atoms with Crippen molar-refractivity contribution in [3.63, 3.8) is 0 Å². The average molecular weight is 415 g/mol. The molecular weight excluding hydrogens is 379 g/mol. The molecule has 0 bridgehead atoms. The van der Waals surface area contributed by atoms with Crippen LogP contribution < -0.4 is 10.6 Å². The van der Waals surface area contributed by atoms with Crippen molar-refractivity contribution in [3.8, 4) is 0 Å². The maximum atomic E-state index is 14.7. The second kappa shape index (κ2) is 10.8. The van der Waals surface area contributed by atoms with E-state index in [-0.39, 0.29) is 5.97 Å². The number of ether oxygens (including phenoxy) is 1. The van der Waals surface area contributed by atoms with Crippen LogP contribution in [0.3, 0.4) is 0 Å². The molecule has 0 aliphatic rings. The number of rotatable bonds is 10. The third-order valence-electron chi connectivity index (χ3n) is 4.98. The van der Waals surface area contributed by atoms with E-state index in [9.17, 15) is 9.36 Å². The van der Waals surface area contributed by atoms with Crippen LogP contribution in [0.2, 0.25) is 0 Å². The molecule has 0 heterocycles. The van der Waals surface area contributed by atoms with E-state index in [1.54, 1.807) is 0 Å². The third kappa shape index (κ3) is 6.57. The lowest BCUT2D eigenvalue weighted by atomic mass is 10.1. The summed E-state index contributed by atoms with van der Waals surface area (Å²) >= 11 is 0. The van der Waals surface area contributed by atoms with Crippen molar-refractivity contribution in [2.24, 2.45) is 0 Å². The highest BCUT2D eigenvalue weighted by Crippen LogP contribution is 2.51. The molecule has 3 nitrogen and oxygen atoms in total. The summed E-state index contributed by atoms with van der Waals surface area (Å²) in [6, 6.07) is 18.9. The Labute approximate surface area is 176 Å². The standard InChI is InChI=1S/C25H35O3P/c1-5-6-7-8-15-20-23(24(26)28-25(2,3)4)29(27,21-16-11-9-12-17-21)22-18-13-10-14-19-22/h9-14,16-19,23H,5-8,15,20H2,1-4H3. The highest BCUT2D eigenvalue weighted by atomic mass is 31.2. The lowest BCUT2D eigenvalue weighted by Gasteiger charge is -2.30. The molecule has 0 spiro atoms. The second-order valence-electron chi connectivity index (χ2n) is 8.58. The molecule has 29 heavy (non-hydrogen) atoms. The van der Waals surface area contributed by atoms with Crippen molar-refractivity contribution >= 4 is 23.7 Å². The summed E-state index contributed by atoms with van der Waals surface area (Å²) in [5, 5.41) is 1.44. The van der Waals surface area contributed by atoms with Crippen LogP contribution in [0.4, 0.5) is 0 Å². The summed E-state index contributed by atoms with van der Waals surface area (Å²) in [6.07, 6.45) is 5.97. The Balaban J connectivity index is 2.45. The van der Waals surface area contributed by atoms with Gasteiger partial charge in [0, 0.05) is 10.6 Å². The van der Waals surface area contributed by atoms with Crippen molar-refractivity contribution in [1.82, 2.24) is 0 Å². The summed E-state index contributed by atoms with van der Waals surface area (Å²) in [5.41, 5.74) is -1.29. The fraction of sp³-hybridized carbons (Fsp3) is 0.480. The number of esters is 1. The van der Waals surface area contributed by atoms with Gasteiger partial charge in [-0.05, 0) is 27.2 Å². The molecule has 2 rings (SSSR count). The number of hydrogen-bond acceptors (Lipinski definition) is 3. The fourth-order valence-electron chi connectivity index (χ4n) is 3.57. The zero-order valence-corrected chi connectivity index (χ0v) is 19.2. The summed E-state index contributed by atoms with van der Waals surface area (Å²) in [5.74, 6) is -0.357. The van der Waals surface area contributed by atoms with E-state index in [1.165, 1.54) is 12.8 Å². The van der Waals surface area contributed by atoms with Crippen molar-refractivity contribution in [3.05, 3.63) is 60.7 Å². The molecule has 2 aromatic rings. The molecule has 0 aliphatic carbocycles. The van der Waals surface area contributed by atoms with Crippen molar-refractivity contribution in [2.45, 2.75) is 77.5 Å². The lowest BCUT2D eigenvalue weighted by Crippen LogP contribution is -2.37. The first-order chi connectivity index (χ1) is 13.8. The van der Waals surface area contributed by atoms with Gasteiger partial charge in [-0.25, -0.2) is 0 Å². The average Bonchev–Trinajstić information content (AvgIpc) is 2.70. The van der Waals surface area contributed by atoms with Crippen LogP contribution in [0.25, 0.3) is 0 Å². The zero-order valence-electron chi connectivity index (χ0n) is 18.3. The number of hydrogen-bond donors (Lipinski definition) is 0. The van der Waals surface area contributed by atoms with Crippen molar-refractivity contribution in [1.29, 1.82) is 0 Å². The van der Waals surface area contributed by atoms with Gasteiger partial charge in [0.1, 0.15) is 11.3 Å². The minimum atomic E-state index is -3.21. The number of carbonyl (C=O) groups excluding carboxylic acids is 1. The van der Waals surface area contributed by atoms with Gasteiger partial charge in [0.15, 0.2) is 7.14 Å². The van der Waals surface area contributed by atoms with Crippen LogP contribution >= 0.6 is 7.14 Å². The quantitative estimate of drug-likeness (QED) is 0.269. The molecule has 1 atom stereocenters. The third-order valence-corrected chi connectivity index (χ3v) is 8.46. The Morgan fingerprint density at radius 3 is 1.79 bits per heavy atom. The van der Waals surface area contributed by atoms with E-state index < -0.39 is 18.4 Å². The Kier molecular flexibility index (Phi) is 8.71. The minimum Gasteiger partial charge on any atom is -0.459 e. The molecule has 0 aliphatic heterocycles. The first-order valence-corrected chi connectivity index (χ1v) is 12.5. The molecule has 0 amide bonds. The van der Waals surface area contributed by atoms with Gasteiger partial charge in [0.25, 0.3) is 0 Å². The van der Waals surface area contributed by atoms with Gasteiger partial charge in [-0.2, -0.15) is 0 Å². The van der Waals surface area contributed by atoms with E-state index in [0.717, 1.165) is 29.9 Å². The van der Waals surface area contributed by atoms with Crippen LogP contribution in [0.5, 0.6) is 0 Å². The summed E-state index contributed by atoms with van der Waals surface area (Å²) in [4.78, 5) is 13.3. The molecule has 0 N–H and O–H groups in total. The molecule has 0 saturated heterocycles. The normalized spacial score (nSPS) is 13.1. The maximum absolute atomic E-state index is 14.7. The second-order valence-corrected chi connectivity index (χ2v) is 11.6. The molecule has 0 radical (unpaired) electrons. The molecular formula is C25H35O3P. The summed E-state index contributed by atoms with van der Waals surface area (Å²) in [7, 11) is -3.21. The molecule has 1 unspecified atom stereocenters. The number of benzene rings is 2. The van der Waals surface area contributed by atoms with Crippen LogP contribution in [-0.2, 0) is 14.1 Å². The number of unbranched alkanes of at least 4 members (excludes halogenated alkanes) is 4. The Hall–Kier alpha value is -1.86. The Morgan fingerprint density at radius 2 is 1.34 bits per heavy atom. The van der Waals surface area contributed by atoms with Gasteiger partial charge in [-0.3, -0.25) is 4.79 Å². The molecule has 0 fully saturated rings. The highest BCUT2D eigenvalue weighted by Gasteiger charge is 2.42. The van der Waals surface area contributed by atoms with E-state index in [1.807, 2.05) is 81.4 Å². The SMILES string of the molecule is CCCCCCCC(C(=O)OC(C)(C)C)P(=O)(c1ccccc1)c1ccccc1. The summed E-state index contributed by atoms with van der Waals surface area (Å²) in [6.45, 7) is 7.76. The van der Waals surface area contributed by atoms with E-state index >= 15 is 0 Å². The van der Waals surface area contributed by atoms with Crippen molar-refractivity contribution < 1.29 is 14.1 Å². The first kappa shape index (κ1) is 23.4. The smallest absolute Gasteiger partial charge is 0.317 e. The van der Waals surface area contributed by atoms with Gasteiger partial charge in [-0.15, -0.1) is 0 Å². The monoisotopic (exact) mass is 414 g/mol. The molecule has 4 heteroatoms. The van der Waals surface area contributed by atoms with Crippen molar-refractivity contribution in [2.75, 3.05) is 0 Å². The van der Waals surface area contributed by atoms with E-state index in [2.05, 4.69) is 6.92 Å². The fourth-order valence-corrected chi connectivity index (χ4v) is 6.71. The highest BCUT2D eigenvalue weighted by molar-refractivity contribution is 7.80. The van der Waals surface area contributed by atoms with Gasteiger partial charge >= 0.3 is 5.97 Å². The summed E-state index contributed by atoms with van der Waals surface area (Å²) < 4.78 is 20.4. The molecule has 0 aromatic heterocycles. The lowest BCUT2D eigenvalue weighted by molar-refractivity contribution is -0.154. The van der Waals surface area contributed by atoms with Crippen LogP contribution in [0, 0.1) is 0 Å². The van der Waals surface area contributed by atoms with E-state index in [0.29, 0.717) is 6.42 Å². The maximum Gasteiger partial charge on any atom is 0.317 e. The molecule has 0 saturated carbocycles. The Bertz CT molecular complexity index is 750.